The van der Waals surface area contributed by atoms with Crippen molar-refractivity contribution in [2.24, 2.45) is 0 Å². The van der Waals surface area contributed by atoms with Crippen LogP contribution in [0, 0.1) is 0 Å². The molecule has 1 amide bonds. The van der Waals surface area contributed by atoms with E-state index in [0.29, 0.717) is 24.4 Å². The molecular weight excluding hydrogens is 438 g/mol. The maximum Gasteiger partial charge on any atom is 0.253 e. The van der Waals surface area contributed by atoms with E-state index in [9.17, 15) is 13.2 Å². The lowest BCUT2D eigenvalue weighted by atomic mass is 10.2. The number of furan rings is 1. The average Bonchev–Trinajstić information content (AvgIpc) is 3.38. The van der Waals surface area contributed by atoms with Crippen LogP contribution in [0.3, 0.4) is 0 Å². The third kappa shape index (κ3) is 6.19. The fourth-order valence-corrected chi connectivity index (χ4v) is 4.65. The van der Waals surface area contributed by atoms with E-state index in [2.05, 4.69) is 33.9 Å². The second kappa shape index (κ2) is 10.6. The largest absolute Gasteiger partial charge is 0.468 e. The van der Waals surface area contributed by atoms with Crippen LogP contribution in [0.1, 0.15) is 21.7 Å². The predicted molar refractivity (Wildman–Crippen MR) is 127 cm³/mol. The third-order valence-electron chi connectivity index (χ3n) is 5.56. The van der Waals surface area contributed by atoms with E-state index in [1.165, 1.54) is 24.0 Å². The number of piperazine rings is 1. The number of nitrogens with one attached hydrogen (secondary N) is 1. The van der Waals surface area contributed by atoms with Crippen molar-refractivity contribution in [2.45, 2.75) is 11.4 Å². The highest BCUT2D eigenvalue weighted by Gasteiger charge is 2.22. The van der Waals surface area contributed by atoms with Crippen molar-refractivity contribution < 1.29 is 17.6 Å². The molecule has 172 valence electrons. The molecule has 2 heterocycles. The molecule has 0 atom stereocenters. The van der Waals surface area contributed by atoms with E-state index in [4.69, 9.17) is 4.42 Å². The quantitative estimate of drug-likeness (QED) is 0.552. The summed E-state index contributed by atoms with van der Waals surface area (Å²) in [5.74, 6) is 0.446. The summed E-state index contributed by atoms with van der Waals surface area (Å²) in [6.45, 7) is 3.79. The molecule has 1 saturated heterocycles. The van der Waals surface area contributed by atoms with Gasteiger partial charge in [-0.15, -0.1) is 0 Å². The average molecular weight is 466 g/mol. The number of amides is 1. The summed E-state index contributed by atoms with van der Waals surface area (Å²) in [5, 5.41) is 0. The monoisotopic (exact) mass is 465 g/mol. The Kier molecular flexibility index (Phi) is 7.39. The zero-order chi connectivity index (χ0) is 23.1. The minimum Gasteiger partial charge on any atom is -0.468 e. The van der Waals surface area contributed by atoms with E-state index in [-0.39, 0.29) is 17.3 Å². The van der Waals surface area contributed by atoms with Crippen molar-refractivity contribution in [3.8, 4) is 0 Å². The van der Waals surface area contributed by atoms with Crippen molar-refractivity contribution in [2.75, 3.05) is 32.7 Å². The van der Waals surface area contributed by atoms with Gasteiger partial charge in [-0.05, 0) is 42.0 Å². The number of benzene rings is 2. The molecule has 0 radical (unpaired) electrons. The number of sulfonamides is 1. The van der Waals surface area contributed by atoms with Crippen molar-refractivity contribution in [1.82, 2.24) is 14.5 Å². The van der Waals surface area contributed by atoms with Crippen molar-refractivity contribution in [3.05, 3.63) is 96.0 Å². The van der Waals surface area contributed by atoms with Crippen molar-refractivity contribution in [1.29, 1.82) is 0 Å². The van der Waals surface area contributed by atoms with Gasteiger partial charge in [-0.2, -0.15) is 0 Å². The Bertz CT molecular complexity index is 1170. The number of rotatable bonds is 8. The first-order valence-corrected chi connectivity index (χ1v) is 12.3. The van der Waals surface area contributed by atoms with Gasteiger partial charge in [-0.25, -0.2) is 13.1 Å². The zero-order valence-corrected chi connectivity index (χ0v) is 19.1. The first-order valence-electron chi connectivity index (χ1n) is 10.9. The van der Waals surface area contributed by atoms with Crippen LogP contribution in [-0.2, 0) is 16.6 Å². The van der Waals surface area contributed by atoms with Gasteiger partial charge in [0.05, 0.1) is 17.7 Å². The summed E-state index contributed by atoms with van der Waals surface area (Å²) >= 11 is 0. The number of hydrogen-bond acceptors (Lipinski definition) is 5. The van der Waals surface area contributed by atoms with Gasteiger partial charge in [0.25, 0.3) is 5.91 Å². The molecule has 2 aromatic carbocycles. The second-order valence-corrected chi connectivity index (χ2v) is 9.60. The molecule has 0 bridgehead atoms. The lowest BCUT2D eigenvalue weighted by Crippen LogP contribution is -2.48. The van der Waals surface area contributed by atoms with Crippen LogP contribution in [-0.4, -0.2) is 56.8 Å². The van der Waals surface area contributed by atoms with Gasteiger partial charge in [-0.1, -0.05) is 42.5 Å². The van der Waals surface area contributed by atoms with E-state index >= 15 is 0 Å². The molecule has 1 aliphatic rings. The van der Waals surface area contributed by atoms with E-state index in [1.807, 2.05) is 23.1 Å². The Morgan fingerprint density at radius 3 is 2.33 bits per heavy atom. The highest BCUT2D eigenvalue weighted by molar-refractivity contribution is 7.89. The Morgan fingerprint density at radius 2 is 1.67 bits per heavy atom. The van der Waals surface area contributed by atoms with Crippen LogP contribution >= 0.6 is 0 Å². The van der Waals surface area contributed by atoms with Gasteiger partial charge < -0.3 is 9.32 Å². The Balaban J connectivity index is 1.27. The third-order valence-corrected chi connectivity index (χ3v) is 6.98. The van der Waals surface area contributed by atoms with E-state index in [0.717, 1.165) is 19.6 Å². The SMILES string of the molecule is O=C(c1ccc(S(=O)(=O)NCc2ccco2)cc1)N1CCN(C/C=C/c2ccccc2)CC1. The van der Waals surface area contributed by atoms with Gasteiger partial charge in [0.2, 0.25) is 10.0 Å². The molecule has 33 heavy (non-hydrogen) atoms. The number of carbonyl (C=O) groups excluding carboxylic acids is 1. The minimum absolute atomic E-state index is 0.0703. The molecule has 1 aromatic heterocycles. The first kappa shape index (κ1) is 23.0. The maximum absolute atomic E-state index is 12.9. The lowest BCUT2D eigenvalue weighted by molar-refractivity contribution is 0.0650. The molecule has 0 unspecified atom stereocenters. The van der Waals surface area contributed by atoms with E-state index < -0.39 is 10.0 Å². The van der Waals surface area contributed by atoms with Gasteiger partial charge in [0.1, 0.15) is 5.76 Å². The van der Waals surface area contributed by atoms with Crippen LogP contribution in [0.2, 0.25) is 0 Å². The fraction of sp³-hybridized carbons (Fsp3) is 0.240. The van der Waals surface area contributed by atoms with Crippen LogP contribution in [0.15, 0.2) is 88.4 Å². The molecule has 0 aliphatic carbocycles. The summed E-state index contributed by atoms with van der Waals surface area (Å²) in [7, 11) is -3.69. The number of hydrogen-bond donors (Lipinski definition) is 1. The molecule has 0 spiro atoms. The summed E-state index contributed by atoms with van der Waals surface area (Å²) in [4.78, 5) is 17.1. The number of nitrogens with zero attached hydrogens (tertiary/aromatic N) is 2. The van der Waals surface area contributed by atoms with Crippen molar-refractivity contribution >= 4 is 22.0 Å². The molecule has 3 aromatic rings. The van der Waals surface area contributed by atoms with Crippen LogP contribution in [0.5, 0.6) is 0 Å². The smallest absolute Gasteiger partial charge is 0.253 e. The Labute approximate surface area is 194 Å². The minimum atomic E-state index is -3.69. The molecule has 0 saturated carbocycles. The predicted octanol–water partition coefficient (Wildman–Crippen LogP) is 3.23. The molecule has 8 heteroatoms. The molecule has 1 N–H and O–H groups in total. The Morgan fingerprint density at radius 1 is 0.939 bits per heavy atom. The van der Waals surface area contributed by atoms with Crippen molar-refractivity contribution in [3.63, 3.8) is 0 Å². The summed E-state index contributed by atoms with van der Waals surface area (Å²) in [5.41, 5.74) is 1.66. The van der Waals surface area contributed by atoms with Gasteiger partial charge in [0.15, 0.2) is 0 Å². The number of carbonyl (C=O) groups is 1. The highest BCUT2D eigenvalue weighted by Crippen LogP contribution is 2.14. The molecule has 7 nitrogen and oxygen atoms in total. The standard InChI is InChI=1S/C25H27N3O4S/c29-25(28-17-15-27(16-18-28)14-4-8-21-6-2-1-3-7-21)22-10-12-24(13-11-22)33(30,31)26-20-23-9-5-19-32-23/h1-13,19,26H,14-18,20H2/b8-4+. The Hall–Kier alpha value is -3.20. The van der Waals surface area contributed by atoms with Gasteiger partial charge in [0, 0.05) is 38.3 Å². The highest BCUT2D eigenvalue weighted by atomic mass is 32.2. The van der Waals surface area contributed by atoms with Crippen LogP contribution in [0.4, 0.5) is 0 Å². The summed E-state index contributed by atoms with van der Waals surface area (Å²) in [6.07, 6.45) is 5.74. The lowest BCUT2D eigenvalue weighted by Gasteiger charge is -2.34. The molecular formula is C25H27N3O4S. The topological polar surface area (TPSA) is 82.9 Å². The van der Waals surface area contributed by atoms with Crippen LogP contribution in [0.25, 0.3) is 6.08 Å². The summed E-state index contributed by atoms with van der Waals surface area (Å²) in [6, 6.07) is 19.6. The fourth-order valence-electron chi connectivity index (χ4n) is 3.66. The molecule has 1 fully saturated rings. The zero-order valence-electron chi connectivity index (χ0n) is 18.3. The van der Waals surface area contributed by atoms with Gasteiger partial charge in [-0.3, -0.25) is 9.69 Å². The van der Waals surface area contributed by atoms with E-state index in [1.54, 1.807) is 24.3 Å². The first-order chi connectivity index (χ1) is 16.0. The molecule has 4 rings (SSSR count). The van der Waals surface area contributed by atoms with Gasteiger partial charge >= 0.3 is 0 Å². The normalized spacial score (nSPS) is 15.2. The molecule has 1 aliphatic heterocycles. The summed E-state index contributed by atoms with van der Waals surface area (Å²) < 4.78 is 32.6. The second-order valence-electron chi connectivity index (χ2n) is 7.83. The maximum atomic E-state index is 12.9. The van der Waals surface area contributed by atoms with Crippen LogP contribution < -0.4 is 4.72 Å².